The monoisotopic (exact) mass is 1150 g/mol. The molecule has 0 radical (unpaired) electrons. The van der Waals surface area contributed by atoms with Crippen LogP contribution in [0.15, 0.2) is 158 Å². The number of aromatic nitrogens is 8. The Morgan fingerprint density at radius 1 is 0.410 bits per heavy atom. The van der Waals surface area contributed by atoms with Crippen LogP contribution in [0, 0.1) is 24.3 Å². The maximum atomic E-state index is 8.29. The van der Waals surface area contributed by atoms with Gasteiger partial charge in [0.05, 0.1) is 13.7 Å². The average Bonchev–Trinajstić information content (AvgIpc) is 3.91. The van der Waals surface area contributed by atoms with Gasteiger partial charge >= 0.3 is 42.1 Å². The van der Waals surface area contributed by atoms with Gasteiger partial charge in [-0.15, -0.1) is 64.4 Å². The molecule has 61 heavy (non-hydrogen) atoms. The van der Waals surface area contributed by atoms with E-state index in [2.05, 4.69) is 82.8 Å². The quantitative estimate of drug-likeness (QED) is 0.147. The third-order valence-corrected chi connectivity index (χ3v) is 10.5. The fourth-order valence-corrected chi connectivity index (χ4v) is 8.01. The molecule has 12 rings (SSSR count). The van der Waals surface area contributed by atoms with Crippen LogP contribution in [-0.4, -0.2) is 38.9 Å². The molecular weight excluding hydrogens is 1120 g/mol. The van der Waals surface area contributed by atoms with Gasteiger partial charge in [0.25, 0.3) is 5.95 Å². The van der Waals surface area contributed by atoms with Crippen LogP contribution in [-0.2, 0) is 42.1 Å². The molecule has 6 aromatic heterocycles. The summed E-state index contributed by atoms with van der Waals surface area (Å²) in [6, 6.07) is 57.6. The second-order valence-electron chi connectivity index (χ2n) is 13.8. The first kappa shape index (κ1) is 37.0. The van der Waals surface area contributed by atoms with Crippen LogP contribution < -0.4 is 9.47 Å². The van der Waals surface area contributed by atoms with Gasteiger partial charge in [0.15, 0.2) is 0 Å². The zero-order chi connectivity index (χ0) is 39.7. The van der Waals surface area contributed by atoms with E-state index in [1.807, 2.05) is 109 Å². The molecule has 0 fully saturated rings. The Morgan fingerprint density at radius 2 is 0.820 bits per heavy atom. The first-order valence-corrected chi connectivity index (χ1v) is 18.8. The molecule has 0 aliphatic carbocycles. The van der Waals surface area contributed by atoms with Gasteiger partial charge in [-0.3, -0.25) is 0 Å². The molecule has 0 N–H and O–H groups in total. The van der Waals surface area contributed by atoms with Crippen molar-refractivity contribution in [2.24, 2.45) is 0 Å². The first-order valence-electron chi connectivity index (χ1n) is 19.3. The summed E-state index contributed by atoms with van der Waals surface area (Å²) >= 11 is 0. The van der Waals surface area contributed by atoms with E-state index in [1.54, 1.807) is 17.0 Å². The van der Waals surface area contributed by atoms with Crippen molar-refractivity contribution >= 4 is 65.4 Å². The van der Waals surface area contributed by atoms with Crippen molar-refractivity contribution in [2.45, 2.75) is 0 Å². The Labute approximate surface area is 378 Å². The number of nitrogens with zero attached hydrogens (tertiary/aromatic N) is 8. The normalized spacial score (nSPS) is 11.6. The number of hydrogen-bond donors (Lipinski definition) is 0. The Bertz CT molecular complexity index is 3430. The van der Waals surface area contributed by atoms with Crippen molar-refractivity contribution in [1.82, 2.24) is 38.9 Å². The number of hydrogen-bond acceptors (Lipinski definition) is 7. The average molecular weight is 1150 g/mol. The Balaban J connectivity index is 0.00000229. The van der Waals surface area contributed by atoms with Crippen LogP contribution in [0.25, 0.3) is 83.0 Å². The molecule has 0 bridgehead atoms. The molecule has 0 spiro atoms. The van der Waals surface area contributed by atoms with E-state index in [1.165, 1.54) is 6.20 Å². The van der Waals surface area contributed by atoms with Gasteiger partial charge < -0.3 is 23.2 Å². The molecule has 0 atom stereocenters. The number of benzene rings is 6. The number of rotatable bonds is 7. The molecule has 0 amide bonds. The standard InChI is InChI=1S/C49H26N8O2.2Pt/c1-3-11-41-35(9-1)37-19-15-31(27-43(37)55(41)47-13-5-7-23-50-47)58-33-17-21-39-40-22-18-34(30-46(40)57(45(39)29-33)49-52-25-26-53-54-49)59-32-16-20-38-36-10-2-4-12-42(36)56(44(38)28-32)48-14-6-8-24-51-48;;/h1-26H;;/q-4;2*+2/i25D;;. The molecule has 0 aliphatic heterocycles. The van der Waals surface area contributed by atoms with Crippen molar-refractivity contribution in [2.75, 3.05) is 0 Å². The van der Waals surface area contributed by atoms with Gasteiger partial charge in [-0.25, -0.2) is 15.0 Å². The summed E-state index contributed by atoms with van der Waals surface area (Å²) in [6.45, 7) is 0. The minimum atomic E-state index is -0.0350. The molecule has 6 aromatic carbocycles. The van der Waals surface area contributed by atoms with Crippen molar-refractivity contribution in [1.29, 1.82) is 0 Å². The Kier molecular flexibility index (Phi) is 9.44. The van der Waals surface area contributed by atoms with E-state index in [4.69, 9.17) is 10.8 Å². The van der Waals surface area contributed by atoms with E-state index >= 15 is 0 Å². The third-order valence-electron chi connectivity index (χ3n) is 10.5. The summed E-state index contributed by atoms with van der Waals surface area (Å²) in [6.07, 6.45) is 4.82. The summed E-state index contributed by atoms with van der Waals surface area (Å²) < 4.78 is 27.2. The third kappa shape index (κ3) is 6.38. The van der Waals surface area contributed by atoms with E-state index < -0.39 is 0 Å². The van der Waals surface area contributed by atoms with Crippen molar-refractivity contribution < 1.29 is 53.0 Å². The molecule has 12 heteroatoms. The summed E-state index contributed by atoms with van der Waals surface area (Å²) in [5.74, 6) is 3.65. The molecule has 294 valence electrons. The fraction of sp³-hybridized carbons (Fsp3) is 0. The molecule has 12 aromatic rings. The largest absolute Gasteiger partial charge is 2.00 e. The minimum Gasteiger partial charge on any atom is -0.509 e. The zero-order valence-electron chi connectivity index (χ0n) is 32.5. The number of pyridine rings is 2. The van der Waals surface area contributed by atoms with Crippen LogP contribution in [0.3, 0.4) is 0 Å². The van der Waals surface area contributed by atoms with Gasteiger partial charge in [0.2, 0.25) is 0 Å². The van der Waals surface area contributed by atoms with Crippen molar-refractivity contribution in [3.8, 4) is 40.6 Å². The maximum absolute atomic E-state index is 8.29. The second-order valence-corrected chi connectivity index (χ2v) is 13.8. The Morgan fingerprint density at radius 3 is 1.25 bits per heavy atom. The summed E-state index contributed by atoms with van der Waals surface area (Å²) in [5, 5.41) is 14.3. The molecule has 0 saturated carbocycles. The minimum absolute atomic E-state index is 0. The van der Waals surface area contributed by atoms with Crippen molar-refractivity contribution in [3.63, 3.8) is 0 Å². The van der Waals surface area contributed by atoms with E-state index in [0.717, 1.165) is 66.0 Å². The SMILES string of the molecule is [2H]c1cnnc(-n2c3[c-]c(Oc4[c-]c5c(cc4)c4ccccc4n5-c4ccccn4)ccc3c3ccc(Oc4[c-]c5c(cc4)c4ccccc4n5-c4ccccn4)[c-]c32)n1.[Pt+2].[Pt+2]. The summed E-state index contributed by atoms with van der Waals surface area (Å²) in [5.41, 5.74) is 4.94. The predicted molar refractivity (Wildman–Crippen MR) is 227 cm³/mol. The van der Waals surface area contributed by atoms with Gasteiger partial charge in [-0.05, 0) is 47.2 Å². The molecular formula is C49H26N8O2Pt2. The summed E-state index contributed by atoms with van der Waals surface area (Å²) in [7, 11) is 0. The first-order chi connectivity index (χ1) is 29.6. The number of ether oxygens (including phenoxy) is 2. The van der Waals surface area contributed by atoms with Gasteiger partial charge in [0, 0.05) is 46.4 Å². The molecule has 0 aliphatic rings. The topological polar surface area (TPSA) is 97.7 Å². The van der Waals surface area contributed by atoms with Gasteiger partial charge in [-0.2, -0.15) is 40.1 Å². The van der Waals surface area contributed by atoms with Crippen molar-refractivity contribution in [3.05, 3.63) is 182 Å². The fourth-order valence-electron chi connectivity index (χ4n) is 8.01. The second kappa shape index (κ2) is 15.6. The predicted octanol–water partition coefficient (Wildman–Crippen LogP) is 10.7. The molecule has 10 nitrogen and oxygen atoms in total. The smallest absolute Gasteiger partial charge is 0.509 e. The molecule has 0 unspecified atom stereocenters. The van der Waals surface area contributed by atoms with Crippen LogP contribution in [0.5, 0.6) is 23.0 Å². The van der Waals surface area contributed by atoms with Crippen LogP contribution >= 0.6 is 0 Å². The van der Waals surface area contributed by atoms with E-state index in [9.17, 15) is 0 Å². The number of fused-ring (bicyclic) bond motifs is 9. The van der Waals surface area contributed by atoms with E-state index in [0.29, 0.717) is 34.0 Å². The van der Waals surface area contributed by atoms with Gasteiger partial charge in [-0.1, -0.05) is 70.6 Å². The Hall–Kier alpha value is -6.99. The van der Waals surface area contributed by atoms with Crippen LogP contribution in [0.2, 0.25) is 0 Å². The van der Waals surface area contributed by atoms with Gasteiger partial charge in [0.1, 0.15) is 11.6 Å². The molecule has 6 heterocycles. The summed E-state index contributed by atoms with van der Waals surface area (Å²) in [4.78, 5) is 13.7. The molecule has 0 saturated heterocycles. The van der Waals surface area contributed by atoms with E-state index in [-0.39, 0.29) is 54.3 Å². The van der Waals surface area contributed by atoms with Crippen LogP contribution in [0.4, 0.5) is 0 Å². The maximum Gasteiger partial charge on any atom is 2.00 e. The number of para-hydroxylation sites is 2. The zero-order valence-corrected chi connectivity index (χ0v) is 36.0. The van der Waals surface area contributed by atoms with Crippen LogP contribution in [0.1, 0.15) is 1.37 Å².